The molecule has 2 aromatic carbocycles. The van der Waals surface area contributed by atoms with Crippen LogP contribution in [0.25, 0.3) is 10.8 Å². The van der Waals surface area contributed by atoms with Crippen molar-refractivity contribution in [1.29, 1.82) is 0 Å². The number of rotatable bonds is 8. The van der Waals surface area contributed by atoms with Gasteiger partial charge in [-0.25, -0.2) is 9.59 Å². The number of ether oxygens (including phenoxy) is 2. The van der Waals surface area contributed by atoms with Crippen molar-refractivity contribution in [2.45, 2.75) is 19.5 Å². The van der Waals surface area contributed by atoms with Crippen molar-refractivity contribution < 1.29 is 23.5 Å². The Labute approximate surface area is 192 Å². The standard InChI is InChI=1S/C25H27N3O5/c1-4-32-24(29)22-20(26-25(30)27-23(22)21-6-5-11-33-21)15-28(2)14-16-7-8-18-13-19(31-3)10-9-17(18)12-16/h5-13,23H,4,14-15H2,1-3H3,(H2,26,27,30). The molecule has 1 atom stereocenters. The number of hydrogen-bond acceptors (Lipinski definition) is 6. The van der Waals surface area contributed by atoms with Crippen molar-refractivity contribution in [1.82, 2.24) is 15.5 Å². The third kappa shape index (κ3) is 5.01. The van der Waals surface area contributed by atoms with E-state index in [-0.39, 0.29) is 6.61 Å². The van der Waals surface area contributed by atoms with Crippen LogP contribution in [0.4, 0.5) is 4.79 Å². The first-order chi connectivity index (χ1) is 16.0. The van der Waals surface area contributed by atoms with Crippen LogP contribution in [0.15, 0.2) is 70.5 Å². The molecule has 0 saturated heterocycles. The smallest absolute Gasteiger partial charge is 0.338 e. The minimum Gasteiger partial charge on any atom is -0.497 e. The molecule has 0 saturated carbocycles. The summed E-state index contributed by atoms with van der Waals surface area (Å²) < 4.78 is 16.1. The second-order valence-electron chi connectivity index (χ2n) is 7.88. The molecule has 172 valence electrons. The highest BCUT2D eigenvalue weighted by molar-refractivity contribution is 5.95. The first kappa shape index (κ1) is 22.4. The van der Waals surface area contributed by atoms with Gasteiger partial charge in [0.2, 0.25) is 0 Å². The molecule has 1 unspecified atom stereocenters. The lowest BCUT2D eigenvalue weighted by molar-refractivity contribution is -0.139. The normalized spacial score (nSPS) is 16.0. The minimum atomic E-state index is -0.716. The maximum Gasteiger partial charge on any atom is 0.338 e. The minimum absolute atomic E-state index is 0.228. The number of esters is 1. The number of likely N-dealkylation sites (N-methyl/N-ethyl adjacent to an activating group) is 1. The molecule has 0 fully saturated rings. The van der Waals surface area contributed by atoms with Crippen LogP contribution in [0.5, 0.6) is 5.75 Å². The van der Waals surface area contributed by atoms with Crippen molar-refractivity contribution in [3.8, 4) is 5.75 Å². The van der Waals surface area contributed by atoms with Gasteiger partial charge in [-0.05, 0) is 60.6 Å². The Morgan fingerprint density at radius 2 is 1.91 bits per heavy atom. The fourth-order valence-electron chi connectivity index (χ4n) is 4.00. The zero-order valence-electron chi connectivity index (χ0n) is 18.9. The Hall–Kier alpha value is -3.78. The number of hydrogen-bond donors (Lipinski definition) is 2. The molecule has 2 heterocycles. The topological polar surface area (TPSA) is 93.0 Å². The van der Waals surface area contributed by atoms with E-state index in [1.54, 1.807) is 26.2 Å². The van der Waals surface area contributed by atoms with Gasteiger partial charge in [-0.2, -0.15) is 0 Å². The van der Waals surface area contributed by atoms with Crippen molar-refractivity contribution >= 4 is 22.8 Å². The summed E-state index contributed by atoms with van der Waals surface area (Å²) >= 11 is 0. The summed E-state index contributed by atoms with van der Waals surface area (Å²) in [5.74, 6) is 0.797. The number of furan rings is 1. The van der Waals surface area contributed by atoms with Gasteiger partial charge in [-0.3, -0.25) is 4.90 Å². The van der Waals surface area contributed by atoms with Crippen molar-refractivity contribution in [3.63, 3.8) is 0 Å². The van der Waals surface area contributed by atoms with Gasteiger partial charge in [0, 0.05) is 18.8 Å². The Kier molecular flexibility index (Phi) is 6.65. The summed E-state index contributed by atoms with van der Waals surface area (Å²) in [6, 6.07) is 14.5. The van der Waals surface area contributed by atoms with Crippen LogP contribution in [-0.2, 0) is 16.1 Å². The molecule has 8 heteroatoms. The van der Waals surface area contributed by atoms with Gasteiger partial charge in [-0.1, -0.05) is 18.2 Å². The predicted octanol–water partition coefficient (Wildman–Crippen LogP) is 3.74. The number of nitrogens with zero attached hydrogens (tertiary/aromatic N) is 1. The largest absolute Gasteiger partial charge is 0.497 e. The summed E-state index contributed by atoms with van der Waals surface area (Å²) in [5, 5.41) is 7.76. The molecule has 1 aliphatic rings. The molecule has 1 aromatic heterocycles. The first-order valence-electron chi connectivity index (χ1n) is 10.7. The number of amides is 2. The summed E-state index contributed by atoms with van der Waals surface area (Å²) in [5.41, 5.74) is 1.94. The van der Waals surface area contributed by atoms with Gasteiger partial charge in [0.1, 0.15) is 17.6 Å². The van der Waals surface area contributed by atoms with Crippen molar-refractivity contribution in [3.05, 3.63) is 77.4 Å². The van der Waals surface area contributed by atoms with Gasteiger partial charge in [-0.15, -0.1) is 0 Å². The van der Waals surface area contributed by atoms with E-state index < -0.39 is 18.0 Å². The molecule has 8 nitrogen and oxygen atoms in total. The quantitative estimate of drug-likeness (QED) is 0.509. The van der Waals surface area contributed by atoms with E-state index in [0.717, 1.165) is 22.1 Å². The molecular weight excluding hydrogens is 422 g/mol. The number of fused-ring (bicyclic) bond motifs is 1. The fourth-order valence-corrected chi connectivity index (χ4v) is 4.00. The van der Waals surface area contributed by atoms with Crippen LogP contribution >= 0.6 is 0 Å². The van der Waals surface area contributed by atoms with Crippen molar-refractivity contribution in [2.75, 3.05) is 27.3 Å². The van der Waals surface area contributed by atoms with Crippen LogP contribution < -0.4 is 15.4 Å². The summed E-state index contributed by atoms with van der Waals surface area (Å²) in [7, 11) is 3.59. The molecule has 2 N–H and O–H groups in total. The lowest BCUT2D eigenvalue weighted by Gasteiger charge is -2.30. The van der Waals surface area contributed by atoms with E-state index in [0.29, 0.717) is 30.1 Å². The molecule has 33 heavy (non-hydrogen) atoms. The van der Waals surface area contributed by atoms with E-state index >= 15 is 0 Å². The van der Waals surface area contributed by atoms with Crippen molar-refractivity contribution in [2.24, 2.45) is 0 Å². The van der Waals surface area contributed by atoms with E-state index in [9.17, 15) is 9.59 Å². The lowest BCUT2D eigenvalue weighted by Crippen LogP contribution is -2.48. The lowest BCUT2D eigenvalue weighted by atomic mass is 9.99. The Bertz CT molecular complexity index is 1190. The summed E-state index contributed by atoms with van der Waals surface area (Å²) in [4.78, 5) is 27.2. The average Bonchev–Trinajstić information content (AvgIpc) is 3.33. The molecule has 2 amide bonds. The Morgan fingerprint density at radius 1 is 1.12 bits per heavy atom. The van der Waals surface area contributed by atoms with Gasteiger partial charge in [0.05, 0.1) is 25.6 Å². The van der Waals surface area contributed by atoms with E-state index in [4.69, 9.17) is 13.9 Å². The maximum atomic E-state index is 12.8. The highest BCUT2D eigenvalue weighted by atomic mass is 16.5. The number of benzene rings is 2. The van der Waals surface area contributed by atoms with E-state index in [1.165, 1.54) is 6.26 Å². The summed E-state index contributed by atoms with van der Waals surface area (Å²) in [6.07, 6.45) is 1.51. The molecular formula is C25H27N3O5. The monoisotopic (exact) mass is 449 g/mol. The number of carbonyl (C=O) groups is 2. The highest BCUT2D eigenvalue weighted by Gasteiger charge is 2.35. The number of nitrogens with one attached hydrogen (secondary N) is 2. The van der Waals surface area contributed by atoms with E-state index in [2.05, 4.69) is 28.8 Å². The Balaban J connectivity index is 1.59. The molecule has 0 spiro atoms. The molecule has 4 rings (SSSR count). The third-order valence-corrected chi connectivity index (χ3v) is 5.47. The van der Waals surface area contributed by atoms with Gasteiger partial charge < -0.3 is 24.5 Å². The molecule has 1 aliphatic heterocycles. The average molecular weight is 450 g/mol. The van der Waals surface area contributed by atoms with Gasteiger partial charge in [0.25, 0.3) is 0 Å². The zero-order valence-corrected chi connectivity index (χ0v) is 18.9. The summed E-state index contributed by atoms with van der Waals surface area (Å²) in [6.45, 7) is 2.94. The molecule has 0 bridgehead atoms. The van der Waals surface area contributed by atoms with Crippen LogP contribution in [0.3, 0.4) is 0 Å². The maximum absolute atomic E-state index is 12.8. The number of methoxy groups -OCH3 is 1. The molecule has 3 aromatic rings. The number of urea groups is 1. The van der Waals surface area contributed by atoms with Crippen LogP contribution in [0.1, 0.15) is 24.3 Å². The zero-order chi connectivity index (χ0) is 23.4. The second kappa shape index (κ2) is 9.79. The third-order valence-electron chi connectivity index (χ3n) is 5.47. The Morgan fingerprint density at radius 3 is 2.64 bits per heavy atom. The molecule has 0 radical (unpaired) electrons. The highest BCUT2D eigenvalue weighted by Crippen LogP contribution is 2.29. The van der Waals surface area contributed by atoms with Crippen LogP contribution in [0.2, 0.25) is 0 Å². The molecule has 0 aliphatic carbocycles. The second-order valence-corrected chi connectivity index (χ2v) is 7.88. The van der Waals surface area contributed by atoms with Crippen LogP contribution in [0, 0.1) is 0 Å². The fraction of sp³-hybridized carbons (Fsp3) is 0.280. The van der Waals surface area contributed by atoms with E-state index in [1.807, 2.05) is 30.1 Å². The predicted molar refractivity (Wildman–Crippen MR) is 124 cm³/mol. The SMILES string of the molecule is CCOC(=O)C1=C(CN(C)Cc2ccc3cc(OC)ccc3c2)NC(=O)NC1c1ccco1. The van der Waals surface area contributed by atoms with Gasteiger partial charge >= 0.3 is 12.0 Å². The number of carbonyl (C=O) groups excluding carboxylic acids is 2. The van der Waals surface area contributed by atoms with Crippen LogP contribution in [-0.4, -0.2) is 44.2 Å². The van der Waals surface area contributed by atoms with Gasteiger partial charge in [0.15, 0.2) is 0 Å². The first-order valence-corrected chi connectivity index (χ1v) is 10.7.